The molecule has 0 unspecified atom stereocenters. The molecular weight excluding hydrogens is 356 g/mol. The van der Waals surface area contributed by atoms with Gasteiger partial charge in [0.25, 0.3) is 5.91 Å². The van der Waals surface area contributed by atoms with Crippen molar-refractivity contribution in [3.05, 3.63) is 28.8 Å². The molecule has 7 nitrogen and oxygen atoms in total. The normalized spacial score (nSPS) is 19.5. The number of urea groups is 1. The molecule has 2 rings (SSSR count). The van der Waals surface area contributed by atoms with Crippen LogP contribution in [0.1, 0.15) is 39.2 Å². The molecule has 0 spiro atoms. The summed E-state index contributed by atoms with van der Waals surface area (Å²) in [5.41, 5.74) is -0.312. The van der Waals surface area contributed by atoms with Crippen LogP contribution in [0.15, 0.2) is 18.2 Å². The summed E-state index contributed by atoms with van der Waals surface area (Å²) in [6, 6.07) is 5.80. The van der Waals surface area contributed by atoms with E-state index in [0.29, 0.717) is 23.6 Å². The number of nitriles is 1. The second-order valence-corrected chi connectivity index (χ2v) is 7.35. The van der Waals surface area contributed by atoms with E-state index in [4.69, 9.17) is 16.9 Å². The van der Waals surface area contributed by atoms with E-state index in [-0.39, 0.29) is 11.6 Å². The summed E-state index contributed by atoms with van der Waals surface area (Å²) < 4.78 is 0. The monoisotopic (exact) mass is 376 g/mol. The quantitative estimate of drug-likeness (QED) is 0.745. The van der Waals surface area contributed by atoms with Crippen molar-refractivity contribution < 1.29 is 14.4 Å². The van der Waals surface area contributed by atoms with Crippen LogP contribution < -0.4 is 10.6 Å². The van der Waals surface area contributed by atoms with Gasteiger partial charge in [-0.1, -0.05) is 25.4 Å². The minimum Gasteiger partial charge on any atom is -0.324 e. The minimum absolute atomic E-state index is 0.210. The van der Waals surface area contributed by atoms with Crippen LogP contribution in [0.25, 0.3) is 0 Å². The van der Waals surface area contributed by atoms with Gasteiger partial charge in [-0.2, -0.15) is 5.26 Å². The lowest BCUT2D eigenvalue weighted by Gasteiger charge is -2.22. The fourth-order valence-corrected chi connectivity index (χ4v) is 2.89. The second kappa shape index (κ2) is 7.75. The highest BCUT2D eigenvalue weighted by Crippen LogP contribution is 2.25. The molecule has 0 aliphatic carbocycles. The van der Waals surface area contributed by atoms with Crippen LogP contribution >= 0.6 is 11.6 Å². The first-order chi connectivity index (χ1) is 12.2. The van der Waals surface area contributed by atoms with Gasteiger partial charge in [0.05, 0.1) is 10.6 Å². The first-order valence-electron chi connectivity index (χ1n) is 8.30. The highest BCUT2D eigenvalue weighted by atomic mass is 35.5. The number of amides is 4. The summed E-state index contributed by atoms with van der Waals surface area (Å²) in [5, 5.41) is 14.3. The van der Waals surface area contributed by atoms with Crippen molar-refractivity contribution in [2.75, 3.05) is 11.9 Å². The Kier molecular flexibility index (Phi) is 5.88. The van der Waals surface area contributed by atoms with Crippen LogP contribution in [0, 0.1) is 17.2 Å². The Morgan fingerprint density at radius 2 is 2.12 bits per heavy atom. The van der Waals surface area contributed by atoms with Crippen LogP contribution in [0.2, 0.25) is 5.02 Å². The second-order valence-electron chi connectivity index (χ2n) is 6.94. The predicted octanol–water partition coefficient (Wildman–Crippen LogP) is 2.90. The van der Waals surface area contributed by atoms with Crippen molar-refractivity contribution in [3.8, 4) is 6.07 Å². The maximum absolute atomic E-state index is 12.6. The van der Waals surface area contributed by atoms with Crippen molar-refractivity contribution in [2.45, 2.75) is 39.2 Å². The fraction of sp³-hybridized carbons (Fsp3) is 0.444. The van der Waals surface area contributed by atoms with Gasteiger partial charge in [0, 0.05) is 5.69 Å². The van der Waals surface area contributed by atoms with E-state index in [0.717, 1.165) is 11.3 Å². The Hall–Kier alpha value is -2.59. The molecule has 1 fully saturated rings. The molecule has 1 atom stereocenters. The maximum Gasteiger partial charge on any atom is 0.325 e. The van der Waals surface area contributed by atoms with Crippen LogP contribution in [0.3, 0.4) is 0 Å². The van der Waals surface area contributed by atoms with Crippen LogP contribution in [-0.4, -0.2) is 34.8 Å². The standard InChI is InChI=1S/C18H21ClN4O3/c1-11(2)6-7-18(3)16(25)23(17(26)22-18)10-15(24)21-13-5-4-12(9-20)14(19)8-13/h4-5,8,11H,6-7,10H2,1-3H3,(H,21,24)(H,22,26)/t18-/m0/s1. The topological polar surface area (TPSA) is 102 Å². The Morgan fingerprint density at radius 1 is 1.42 bits per heavy atom. The average Bonchev–Trinajstić information content (AvgIpc) is 2.77. The lowest BCUT2D eigenvalue weighted by molar-refractivity contribution is -0.133. The zero-order chi connectivity index (χ0) is 19.5. The highest BCUT2D eigenvalue weighted by Gasteiger charge is 2.47. The fourth-order valence-electron chi connectivity index (χ4n) is 2.67. The van der Waals surface area contributed by atoms with Gasteiger partial charge in [0.15, 0.2) is 0 Å². The van der Waals surface area contributed by atoms with E-state index >= 15 is 0 Å². The third-order valence-electron chi connectivity index (χ3n) is 4.24. The van der Waals surface area contributed by atoms with E-state index < -0.39 is 23.4 Å². The van der Waals surface area contributed by atoms with Crippen molar-refractivity contribution >= 4 is 35.1 Å². The Bertz CT molecular complexity index is 787. The minimum atomic E-state index is -0.987. The number of carbonyl (C=O) groups is 3. The molecule has 1 aliphatic heterocycles. The molecule has 4 amide bonds. The molecule has 1 aliphatic rings. The number of anilines is 1. The van der Waals surface area contributed by atoms with E-state index in [1.165, 1.54) is 18.2 Å². The molecule has 138 valence electrons. The van der Waals surface area contributed by atoms with E-state index in [9.17, 15) is 14.4 Å². The van der Waals surface area contributed by atoms with Gasteiger partial charge in [0.1, 0.15) is 18.2 Å². The number of nitrogens with one attached hydrogen (secondary N) is 2. The highest BCUT2D eigenvalue weighted by molar-refractivity contribution is 6.32. The molecule has 1 aromatic rings. The largest absolute Gasteiger partial charge is 0.325 e. The van der Waals surface area contributed by atoms with Crippen LogP contribution in [0.4, 0.5) is 10.5 Å². The molecule has 1 aromatic carbocycles. The number of nitrogens with zero attached hydrogens (tertiary/aromatic N) is 2. The Morgan fingerprint density at radius 3 is 2.69 bits per heavy atom. The molecule has 0 bridgehead atoms. The van der Waals surface area contributed by atoms with Gasteiger partial charge in [-0.05, 0) is 43.9 Å². The molecule has 1 saturated heterocycles. The summed E-state index contributed by atoms with van der Waals surface area (Å²) in [4.78, 5) is 37.8. The average molecular weight is 377 g/mol. The molecule has 0 saturated carbocycles. The number of hydrogen-bond donors (Lipinski definition) is 2. The van der Waals surface area contributed by atoms with E-state index in [1.54, 1.807) is 6.92 Å². The number of halogens is 1. The SMILES string of the molecule is CC(C)CC[C@]1(C)NC(=O)N(CC(=O)Nc2ccc(C#N)c(Cl)c2)C1=O. The smallest absolute Gasteiger partial charge is 0.324 e. The lowest BCUT2D eigenvalue weighted by atomic mass is 9.92. The summed E-state index contributed by atoms with van der Waals surface area (Å²) in [6.45, 7) is 5.37. The van der Waals surface area contributed by atoms with Gasteiger partial charge < -0.3 is 10.6 Å². The van der Waals surface area contributed by atoms with Gasteiger partial charge in [-0.15, -0.1) is 0 Å². The van der Waals surface area contributed by atoms with Crippen LogP contribution in [0.5, 0.6) is 0 Å². The third-order valence-corrected chi connectivity index (χ3v) is 4.55. The molecule has 0 radical (unpaired) electrons. The van der Waals surface area contributed by atoms with Gasteiger partial charge in [-0.25, -0.2) is 4.79 Å². The summed E-state index contributed by atoms with van der Waals surface area (Å²) in [7, 11) is 0. The summed E-state index contributed by atoms with van der Waals surface area (Å²) in [6.07, 6.45) is 1.30. The van der Waals surface area contributed by atoms with Crippen molar-refractivity contribution in [3.63, 3.8) is 0 Å². The first-order valence-corrected chi connectivity index (χ1v) is 8.67. The van der Waals surface area contributed by atoms with Gasteiger partial charge in [-0.3, -0.25) is 14.5 Å². The number of carbonyl (C=O) groups excluding carboxylic acids is 3. The number of benzene rings is 1. The van der Waals surface area contributed by atoms with E-state index in [2.05, 4.69) is 10.6 Å². The van der Waals surface area contributed by atoms with E-state index in [1.807, 2.05) is 19.9 Å². The third kappa shape index (κ3) is 4.33. The first kappa shape index (κ1) is 19.7. The van der Waals surface area contributed by atoms with Crippen molar-refractivity contribution in [1.82, 2.24) is 10.2 Å². The number of imide groups is 1. The summed E-state index contributed by atoms with van der Waals surface area (Å²) >= 11 is 5.92. The molecule has 2 N–H and O–H groups in total. The Balaban J connectivity index is 2.02. The molecule has 26 heavy (non-hydrogen) atoms. The predicted molar refractivity (Wildman–Crippen MR) is 97.5 cm³/mol. The van der Waals surface area contributed by atoms with Gasteiger partial charge in [0.2, 0.25) is 5.91 Å². The van der Waals surface area contributed by atoms with Gasteiger partial charge >= 0.3 is 6.03 Å². The maximum atomic E-state index is 12.6. The zero-order valence-electron chi connectivity index (χ0n) is 14.9. The summed E-state index contributed by atoms with van der Waals surface area (Å²) in [5.74, 6) is -0.534. The lowest BCUT2D eigenvalue weighted by Crippen LogP contribution is -2.44. The molecule has 0 aromatic heterocycles. The molecule has 8 heteroatoms. The number of rotatable bonds is 6. The zero-order valence-corrected chi connectivity index (χ0v) is 15.7. The molecule has 1 heterocycles. The van der Waals surface area contributed by atoms with Crippen molar-refractivity contribution in [1.29, 1.82) is 5.26 Å². The van der Waals surface area contributed by atoms with Crippen LogP contribution in [-0.2, 0) is 9.59 Å². The molecular formula is C18H21ClN4O3. The number of hydrogen-bond acceptors (Lipinski definition) is 4. The van der Waals surface area contributed by atoms with Crippen molar-refractivity contribution in [2.24, 2.45) is 5.92 Å². The Labute approximate surface area is 157 Å².